The van der Waals surface area contributed by atoms with Crippen molar-refractivity contribution < 1.29 is 23.4 Å². The summed E-state index contributed by atoms with van der Waals surface area (Å²) in [5.41, 5.74) is 2.35. The van der Waals surface area contributed by atoms with E-state index in [1.807, 2.05) is 42.5 Å². The number of fused-ring (bicyclic) bond motifs is 2. The van der Waals surface area contributed by atoms with Gasteiger partial charge in [0.1, 0.15) is 11.3 Å². The first-order valence-corrected chi connectivity index (χ1v) is 12.7. The van der Waals surface area contributed by atoms with Gasteiger partial charge in [0.2, 0.25) is 5.76 Å². The van der Waals surface area contributed by atoms with Crippen molar-refractivity contribution in [3.8, 4) is 17.2 Å². The van der Waals surface area contributed by atoms with Crippen LogP contribution in [0.3, 0.4) is 0 Å². The summed E-state index contributed by atoms with van der Waals surface area (Å²) in [5.74, 6) is 2.07. The zero-order valence-corrected chi connectivity index (χ0v) is 22.0. The predicted octanol–water partition coefficient (Wildman–Crippen LogP) is 5.63. The predicted molar refractivity (Wildman–Crippen MR) is 145 cm³/mol. The van der Waals surface area contributed by atoms with Gasteiger partial charge in [-0.3, -0.25) is 9.59 Å². The Balaban J connectivity index is 1.58. The van der Waals surface area contributed by atoms with Gasteiger partial charge in [-0.15, -0.1) is 0 Å². The Labute approximate surface area is 221 Å². The Morgan fingerprint density at radius 2 is 1.68 bits per heavy atom. The van der Waals surface area contributed by atoms with Crippen LogP contribution in [0.4, 0.5) is 0 Å². The van der Waals surface area contributed by atoms with Crippen LogP contribution in [-0.4, -0.2) is 38.2 Å². The van der Waals surface area contributed by atoms with Gasteiger partial charge in [0.25, 0.3) is 5.91 Å². The minimum Gasteiger partial charge on any atom is -0.497 e. The van der Waals surface area contributed by atoms with E-state index in [0.29, 0.717) is 53.5 Å². The summed E-state index contributed by atoms with van der Waals surface area (Å²) in [4.78, 5) is 29.2. The molecule has 0 fully saturated rings. The maximum atomic E-state index is 13.7. The third-order valence-electron chi connectivity index (χ3n) is 6.75. The summed E-state index contributed by atoms with van der Waals surface area (Å²) in [7, 11) is 3.21. The summed E-state index contributed by atoms with van der Waals surface area (Å²) >= 11 is 0. The van der Waals surface area contributed by atoms with Crippen LogP contribution in [0.2, 0.25) is 0 Å². The number of methoxy groups -OCH3 is 2. The molecular formula is C31H31NO6. The van der Waals surface area contributed by atoms with Crippen molar-refractivity contribution in [1.82, 2.24) is 4.90 Å². The SMILES string of the molecule is COc1ccc(CCN2C(=O)c3oc4ccccc4c(=O)c3C2c2ccc(OCC(C)C)c(OC)c2)cc1. The molecule has 1 atom stereocenters. The molecule has 0 radical (unpaired) electrons. The van der Waals surface area contributed by atoms with Gasteiger partial charge in [0.15, 0.2) is 16.9 Å². The van der Waals surface area contributed by atoms with E-state index in [1.165, 1.54) is 0 Å². The second-order valence-electron chi connectivity index (χ2n) is 9.78. The molecule has 7 heteroatoms. The average molecular weight is 514 g/mol. The van der Waals surface area contributed by atoms with Gasteiger partial charge in [0.05, 0.1) is 37.8 Å². The van der Waals surface area contributed by atoms with Crippen LogP contribution in [0.5, 0.6) is 17.2 Å². The fraction of sp³-hybridized carbons (Fsp3) is 0.290. The van der Waals surface area contributed by atoms with Crippen molar-refractivity contribution >= 4 is 16.9 Å². The Morgan fingerprint density at radius 1 is 0.921 bits per heavy atom. The van der Waals surface area contributed by atoms with Crippen LogP contribution in [-0.2, 0) is 6.42 Å². The van der Waals surface area contributed by atoms with Crippen LogP contribution < -0.4 is 19.6 Å². The number of rotatable bonds is 9. The van der Waals surface area contributed by atoms with Crippen LogP contribution in [0.1, 0.15) is 47.1 Å². The van der Waals surface area contributed by atoms with Gasteiger partial charge in [-0.05, 0) is 59.9 Å². The lowest BCUT2D eigenvalue weighted by molar-refractivity contribution is 0.0730. The monoisotopic (exact) mass is 513 g/mol. The second kappa shape index (κ2) is 10.6. The topological polar surface area (TPSA) is 78.2 Å². The lowest BCUT2D eigenvalue weighted by Gasteiger charge is -2.26. The number of carbonyl (C=O) groups is 1. The van der Waals surface area contributed by atoms with Crippen molar-refractivity contribution in [2.24, 2.45) is 5.92 Å². The first-order chi connectivity index (χ1) is 18.4. The van der Waals surface area contributed by atoms with Gasteiger partial charge in [0, 0.05) is 6.54 Å². The standard InChI is InChI=1S/C31H31NO6/c1-19(2)18-37-25-14-11-21(17-26(25)36-4)28-27-29(33)23-7-5-6-8-24(23)38-30(27)31(34)32(28)16-15-20-9-12-22(35-3)13-10-20/h5-14,17,19,28H,15-16,18H2,1-4H3. The molecule has 7 nitrogen and oxygen atoms in total. The van der Waals surface area contributed by atoms with Crippen LogP contribution >= 0.6 is 0 Å². The number of amides is 1. The minimum absolute atomic E-state index is 0.0903. The summed E-state index contributed by atoms with van der Waals surface area (Å²) in [6, 6.07) is 19.7. The molecule has 0 spiro atoms. The highest BCUT2D eigenvalue weighted by atomic mass is 16.5. The van der Waals surface area contributed by atoms with E-state index >= 15 is 0 Å². The van der Waals surface area contributed by atoms with E-state index < -0.39 is 6.04 Å². The number of hydrogen-bond donors (Lipinski definition) is 0. The molecule has 38 heavy (non-hydrogen) atoms. The van der Waals surface area contributed by atoms with Crippen LogP contribution in [0, 0.1) is 5.92 Å². The number of hydrogen-bond acceptors (Lipinski definition) is 6. The molecule has 1 unspecified atom stereocenters. The van der Waals surface area contributed by atoms with Gasteiger partial charge in [-0.25, -0.2) is 0 Å². The molecule has 4 aromatic rings. The van der Waals surface area contributed by atoms with E-state index in [4.69, 9.17) is 18.6 Å². The molecule has 0 saturated heterocycles. The highest BCUT2D eigenvalue weighted by molar-refractivity contribution is 5.99. The largest absolute Gasteiger partial charge is 0.497 e. The Hall–Kier alpha value is -4.26. The smallest absolute Gasteiger partial charge is 0.290 e. The van der Waals surface area contributed by atoms with Crippen LogP contribution in [0.15, 0.2) is 75.9 Å². The van der Waals surface area contributed by atoms with Gasteiger partial charge in [-0.1, -0.05) is 44.2 Å². The molecule has 3 aromatic carbocycles. The number of carbonyl (C=O) groups excluding carboxylic acids is 1. The average Bonchev–Trinajstić information content (AvgIpc) is 3.22. The fourth-order valence-corrected chi connectivity index (χ4v) is 4.82. The summed E-state index contributed by atoms with van der Waals surface area (Å²) in [5, 5.41) is 0.449. The van der Waals surface area contributed by atoms with E-state index in [9.17, 15) is 9.59 Å². The van der Waals surface area contributed by atoms with Gasteiger partial charge >= 0.3 is 0 Å². The van der Waals surface area contributed by atoms with Crippen molar-refractivity contribution in [2.45, 2.75) is 26.3 Å². The maximum absolute atomic E-state index is 13.7. The first-order valence-electron chi connectivity index (χ1n) is 12.7. The van der Waals surface area contributed by atoms with Crippen molar-refractivity contribution in [1.29, 1.82) is 0 Å². The third kappa shape index (κ3) is 4.72. The Kier molecular flexibility index (Phi) is 7.09. The second-order valence-corrected chi connectivity index (χ2v) is 9.78. The molecule has 1 aliphatic heterocycles. The molecule has 1 aliphatic rings. The molecule has 5 rings (SSSR count). The number of benzene rings is 3. The molecule has 1 aromatic heterocycles. The highest BCUT2D eigenvalue weighted by Crippen LogP contribution is 2.41. The van der Waals surface area contributed by atoms with Crippen LogP contribution in [0.25, 0.3) is 11.0 Å². The van der Waals surface area contributed by atoms with Crippen molar-refractivity contribution in [3.63, 3.8) is 0 Å². The maximum Gasteiger partial charge on any atom is 0.290 e. The highest BCUT2D eigenvalue weighted by Gasteiger charge is 2.42. The summed E-state index contributed by atoms with van der Waals surface area (Å²) in [6.45, 7) is 5.09. The quantitative estimate of drug-likeness (QED) is 0.289. The lowest BCUT2D eigenvalue weighted by atomic mass is 9.97. The molecule has 1 amide bonds. The van der Waals surface area contributed by atoms with Gasteiger partial charge < -0.3 is 23.5 Å². The molecular weight excluding hydrogens is 482 g/mol. The Morgan fingerprint density at radius 3 is 2.39 bits per heavy atom. The van der Waals surface area contributed by atoms with Crippen molar-refractivity contribution in [2.75, 3.05) is 27.4 Å². The number of nitrogens with zero attached hydrogens (tertiary/aromatic N) is 1. The van der Waals surface area contributed by atoms with E-state index in [1.54, 1.807) is 43.4 Å². The lowest BCUT2D eigenvalue weighted by Crippen LogP contribution is -2.31. The van der Waals surface area contributed by atoms with E-state index in [0.717, 1.165) is 16.9 Å². The first kappa shape index (κ1) is 25.4. The minimum atomic E-state index is -0.621. The van der Waals surface area contributed by atoms with Gasteiger partial charge in [-0.2, -0.15) is 0 Å². The summed E-state index contributed by atoms with van der Waals surface area (Å²) in [6.07, 6.45) is 0.598. The Bertz CT molecular complexity index is 1520. The van der Waals surface area contributed by atoms with E-state index in [2.05, 4.69) is 13.8 Å². The molecule has 0 bridgehead atoms. The normalized spacial score (nSPS) is 14.7. The molecule has 0 aliphatic carbocycles. The fourth-order valence-electron chi connectivity index (χ4n) is 4.82. The van der Waals surface area contributed by atoms with E-state index in [-0.39, 0.29) is 17.1 Å². The zero-order valence-electron chi connectivity index (χ0n) is 22.0. The number of ether oxygens (including phenoxy) is 3. The molecule has 0 saturated carbocycles. The molecule has 0 N–H and O–H groups in total. The third-order valence-corrected chi connectivity index (χ3v) is 6.75. The zero-order chi connectivity index (χ0) is 26.8. The van der Waals surface area contributed by atoms with Crippen molar-refractivity contribution in [3.05, 3.63) is 99.4 Å². The molecule has 2 heterocycles. The summed E-state index contributed by atoms with van der Waals surface area (Å²) < 4.78 is 22.9. The number of para-hydroxylation sites is 1. The molecule has 196 valence electrons.